The molecule has 1 unspecified atom stereocenters. The molecule has 3 fully saturated rings. The summed E-state index contributed by atoms with van der Waals surface area (Å²) in [6, 6.07) is 6.94. The molecule has 3 aliphatic rings. The first-order valence-corrected chi connectivity index (χ1v) is 18.7. The highest BCUT2D eigenvalue weighted by Gasteiger charge is 2.77. The number of aliphatic hydroxyl groups excluding tert-OH is 1. The average molecular weight is 745 g/mol. The largest absolute Gasteiger partial charge is 0.455 e. The van der Waals surface area contributed by atoms with Crippen molar-refractivity contribution in [3.63, 3.8) is 0 Å². The molecule has 49 heavy (non-hydrogen) atoms. The predicted molar refractivity (Wildman–Crippen MR) is 191 cm³/mol. The first-order valence-electron chi connectivity index (χ1n) is 17.8. The molecule has 11 heteroatoms. The van der Waals surface area contributed by atoms with Crippen LogP contribution < -0.4 is 5.32 Å². The Balaban J connectivity index is 1.73. The third-order valence-electron chi connectivity index (χ3n) is 10.1. The number of halogens is 1. The van der Waals surface area contributed by atoms with E-state index in [2.05, 4.69) is 41.3 Å². The first-order chi connectivity index (χ1) is 23.4. The van der Waals surface area contributed by atoms with Crippen LogP contribution in [-0.4, -0.2) is 93.0 Å². The number of amides is 3. The lowest BCUT2D eigenvalue weighted by Crippen LogP contribution is -2.59. The number of likely N-dealkylation sites (tertiary alicyclic amines) is 1. The van der Waals surface area contributed by atoms with E-state index in [1.54, 1.807) is 24.0 Å². The number of nitrogens with one attached hydrogen (secondary N) is 1. The maximum Gasteiger partial charge on any atom is 0.313 e. The van der Waals surface area contributed by atoms with E-state index in [9.17, 15) is 24.3 Å². The summed E-state index contributed by atoms with van der Waals surface area (Å²) in [6.07, 6.45) is 6.11. The van der Waals surface area contributed by atoms with Crippen LogP contribution in [-0.2, 0) is 28.7 Å². The molecule has 1 aromatic carbocycles. The van der Waals surface area contributed by atoms with Gasteiger partial charge in [-0.2, -0.15) is 0 Å². The smallest absolute Gasteiger partial charge is 0.313 e. The summed E-state index contributed by atoms with van der Waals surface area (Å²) in [4.78, 5) is 59.5. The standard InChI is InChI=1S/C38H54BrN3O7/c1-7-10-15-20-41(19-9-3)36(46)34-38-22-28(39)33(49-38)30(31(38)35(45)42(34)27(23-43)21-24(4)5)37(47)48-32(26-16-13-12-14-17-26)25(6)40-29(44)18-11-8-2/h8-9,12-14,16-17,24-25,27-28,30-34,43H,2-3,7,10-11,15,18-23H2,1,4-6H3,(H,40,44)/t25-,27+,28?,30+,31-,32-,33+,34+,38-/m0/s1. The molecule has 2 bridgehead atoms. The zero-order chi connectivity index (χ0) is 35.9. The van der Waals surface area contributed by atoms with Crippen molar-refractivity contribution in [3.8, 4) is 0 Å². The van der Waals surface area contributed by atoms with E-state index in [0.29, 0.717) is 37.9 Å². The van der Waals surface area contributed by atoms with E-state index in [1.807, 2.05) is 44.2 Å². The van der Waals surface area contributed by atoms with Crippen LogP contribution in [0.15, 0.2) is 55.6 Å². The number of alkyl halides is 1. The monoisotopic (exact) mass is 743 g/mol. The first kappa shape index (κ1) is 38.8. The molecule has 9 atom stereocenters. The predicted octanol–water partition coefficient (Wildman–Crippen LogP) is 5.10. The number of hydrogen-bond donors (Lipinski definition) is 2. The number of esters is 1. The number of hydrogen-bond acceptors (Lipinski definition) is 7. The summed E-state index contributed by atoms with van der Waals surface area (Å²) in [5, 5.41) is 13.6. The lowest BCUT2D eigenvalue weighted by Gasteiger charge is -2.40. The Hall–Kier alpha value is -3.02. The quantitative estimate of drug-likeness (QED) is 0.0875. The van der Waals surface area contributed by atoms with E-state index in [1.165, 1.54) is 4.90 Å². The molecular formula is C38H54BrN3O7. The summed E-state index contributed by atoms with van der Waals surface area (Å²) in [7, 11) is 0. The van der Waals surface area contributed by atoms with Crippen LogP contribution in [0, 0.1) is 17.8 Å². The van der Waals surface area contributed by atoms with Crippen molar-refractivity contribution >= 4 is 39.6 Å². The number of carbonyl (C=O) groups excluding carboxylic acids is 4. The van der Waals surface area contributed by atoms with Gasteiger partial charge in [-0.25, -0.2) is 0 Å². The summed E-state index contributed by atoms with van der Waals surface area (Å²) < 4.78 is 13.0. The molecule has 3 aliphatic heterocycles. The van der Waals surface area contributed by atoms with Gasteiger partial charge in [-0.3, -0.25) is 19.2 Å². The van der Waals surface area contributed by atoms with Gasteiger partial charge in [0.2, 0.25) is 17.7 Å². The maximum atomic E-state index is 14.7. The van der Waals surface area contributed by atoms with Crippen LogP contribution in [0.1, 0.15) is 84.3 Å². The number of carbonyl (C=O) groups is 4. The highest BCUT2D eigenvalue weighted by atomic mass is 79.9. The maximum absolute atomic E-state index is 14.7. The van der Waals surface area contributed by atoms with Gasteiger partial charge in [0.05, 0.1) is 36.6 Å². The fraction of sp³-hybridized carbons (Fsp3) is 0.632. The number of rotatable bonds is 19. The SMILES string of the molecule is C=CCCC(=O)N[C@@H](C)[C@H](OC(=O)[C@H]1[C@@H]2O[C@@]3(CC2Br)[C@@H]1C(=O)N([C@@H](CO)CC(C)C)[C@@H]3C(=O)N(CC=C)CCCCC)c1ccccc1. The van der Waals surface area contributed by atoms with Crippen LogP contribution >= 0.6 is 15.9 Å². The summed E-state index contributed by atoms with van der Waals surface area (Å²) in [5.74, 6) is -3.32. The van der Waals surface area contributed by atoms with Crippen molar-refractivity contribution in [2.24, 2.45) is 17.8 Å². The molecular weight excluding hydrogens is 690 g/mol. The van der Waals surface area contributed by atoms with E-state index < -0.39 is 53.7 Å². The normalized spacial score (nSPS) is 27.4. The van der Waals surface area contributed by atoms with Crippen molar-refractivity contribution < 1.29 is 33.8 Å². The van der Waals surface area contributed by atoms with Crippen LogP contribution in [0.3, 0.4) is 0 Å². The second kappa shape index (κ2) is 17.3. The highest BCUT2D eigenvalue weighted by molar-refractivity contribution is 9.09. The van der Waals surface area contributed by atoms with Gasteiger partial charge in [-0.15, -0.1) is 13.2 Å². The van der Waals surface area contributed by atoms with E-state index >= 15 is 0 Å². The second-order valence-electron chi connectivity index (χ2n) is 14.1. The average Bonchev–Trinajstić information content (AvgIpc) is 3.67. The third kappa shape index (κ3) is 8.15. The van der Waals surface area contributed by atoms with Crippen molar-refractivity contribution in [2.45, 2.75) is 113 Å². The van der Waals surface area contributed by atoms with Gasteiger partial charge in [0.25, 0.3) is 0 Å². The molecule has 4 rings (SSSR count). The van der Waals surface area contributed by atoms with Crippen LogP contribution in [0.2, 0.25) is 0 Å². The molecule has 3 heterocycles. The number of fused-ring (bicyclic) bond motifs is 1. The van der Waals surface area contributed by atoms with Crippen LogP contribution in [0.4, 0.5) is 0 Å². The Morgan fingerprint density at radius 1 is 1.18 bits per heavy atom. The molecule has 10 nitrogen and oxygen atoms in total. The Morgan fingerprint density at radius 2 is 1.90 bits per heavy atom. The van der Waals surface area contributed by atoms with Gasteiger partial charge < -0.3 is 29.7 Å². The number of aliphatic hydroxyl groups is 1. The van der Waals surface area contributed by atoms with Gasteiger partial charge in [0, 0.05) is 24.3 Å². The zero-order valence-electron chi connectivity index (χ0n) is 29.4. The number of ether oxygens (including phenoxy) is 2. The fourth-order valence-corrected chi connectivity index (χ4v) is 8.89. The number of unbranched alkanes of at least 4 members (excludes halogenated alkanes) is 2. The number of allylic oxidation sites excluding steroid dienone is 1. The van der Waals surface area contributed by atoms with Crippen LogP contribution in [0.25, 0.3) is 0 Å². The molecule has 0 radical (unpaired) electrons. The molecule has 1 spiro atoms. The number of benzene rings is 1. The molecule has 0 saturated carbocycles. The molecule has 3 saturated heterocycles. The minimum absolute atomic E-state index is 0.129. The Bertz CT molecular complexity index is 1340. The topological polar surface area (TPSA) is 125 Å². The van der Waals surface area contributed by atoms with Crippen molar-refractivity contribution in [1.29, 1.82) is 0 Å². The Morgan fingerprint density at radius 3 is 2.51 bits per heavy atom. The summed E-state index contributed by atoms with van der Waals surface area (Å²) in [6.45, 7) is 15.9. The van der Waals surface area contributed by atoms with Crippen molar-refractivity contribution in [1.82, 2.24) is 15.1 Å². The molecule has 2 N–H and O–H groups in total. The van der Waals surface area contributed by atoms with Gasteiger partial charge >= 0.3 is 5.97 Å². The Labute approximate surface area is 299 Å². The molecule has 270 valence electrons. The molecule has 0 aliphatic carbocycles. The van der Waals surface area contributed by atoms with Gasteiger partial charge in [-0.1, -0.05) is 92.0 Å². The van der Waals surface area contributed by atoms with Gasteiger partial charge in [-0.05, 0) is 44.1 Å². The van der Waals surface area contributed by atoms with E-state index in [-0.39, 0.29) is 41.5 Å². The molecule has 1 aromatic rings. The number of nitrogens with zero attached hydrogens (tertiary/aromatic N) is 2. The highest BCUT2D eigenvalue weighted by Crippen LogP contribution is 2.61. The minimum Gasteiger partial charge on any atom is -0.455 e. The fourth-order valence-electron chi connectivity index (χ4n) is 7.94. The summed E-state index contributed by atoms with van der Waals surface area (Å²) in [5.41, 5.74) is -0.601. The lowest BCUT2D eigenvalue weighted by molar-refractivity contribution is -0.162. The van der Waals surface area contributed by atoms with Crippen molar-refractivity contribution in [3.05, 3.63) is 61.2 Å². The van der Waals surface area contributed by atoms with E-state index in [0.717, 1.165) is 19.3 Å². The van der Waals surface area contributed by atoms with E-state index in [4.69, 9.17) is 9.47 Å². The molecule has 3 amide bonds. The molecule has 0 aromatic heterocycles. The van der Waals surface area contributed by atoms with Gasteiger partial charge in [0.15, 0.2) is 0 Å². The third-order valence-corrected chi connectivity index (χ3v) is 10.9. The van der Waals surface area contributed by atoms with Crippen LogP contribution in [0.5, 0.6) is 0 Å². The van der Waals surface area contributed by atoms with Gasteiger partial charge in [0.1, 0.15) is 17.7 Å². The second-order valence-corrected chi connectivity index (χ2v) is 15.3. The lowest BCUT2D eigenvalue weighted by atomic mass is 9.70. The zero-order valence-corrected chi connectivity index (χ0v) is 31.0. The van der Waals surface area contributed by atoms with Crippen molar-refractivity contribution in [2.75, 3.05) is 19.7 Å². The summed E-state index contributed by atoms with van der Waals surface area (Å²) >= 11 is 3.74. The minimum atomic E-state index is -1.29. The Kier molecular flexibility index (Phi) is 13.7.